The number of anilines is 1. The molecule has 0 aliphatic rings. The summed E-state index contributed by atoms with van der Waals surface area (Å²) >= 11 is 4.93. The van der Waals surface area contributed by atoms with Gasteiger partial charge in [0.05, 0.1) is 17.5 Å². The zero-order chi connectivity index (χ0) is 16.0. The molecule has 0 aromatic heterocycles. The summed E-state index contributed by atoms with van der Waals surface area (Å²) in [7, 11) is 0. The first-order valence-electron chi connectivity index (χ1n) is 6.28. The molecule has 0 unspecified atom stereocenters. The fourth-order valence-electron chi connectivity index (χ4n) is 1.69. The SMILES string of the molecule is FC(F)(F)c1ccccc1NC(=S)N/N=C/c1ccccc1. The van der Waals surface area contributed by atoms with E-state index in [4.69, 9.17) is 12.2 Å². The molecule has 114 valence electrons. The Bertz CT molecular complexity index is 669. The lowest BCUT2D eigenvalue weighted by Gasteiger charge is -2.14. The molecule has 3 nitrogen and oxygen atoms in total. The second-order valence-electron chi connectivity index (χ2n) is 4.28. The molecule has 0 fully saturated rings. The molecule has 0 spiro atoms. The van der Waals surface area contributed by atoms with Crippen LogP contribution in [0.1, 0.15) is 11.1 Å². The maximum atomic E-state index is 12.8. The smallest absolute Gasteiger partial charge is 0.331 e. The van der Waals surface area contributed by atoms with Crippen molar-refractivity contribution in [3.63, 3.8) is 0 Å². The molecule has 0 aliphatic heterocycles. The molecule has 0 radical (unpaired) electrons. The first-order chi connectivity index (χ1) is 10.5. The second-order valence-corrected chi connectivity index (χ2v) is 4.69. The van der Waals surface area contributed by atoms with E-state index in [-0.39, 0.29) is 10.8 Å². The molecule has 0 bridgehead atoms. The maximum absolute atomic E-state index is 12.8. The Morgan fingerprint density at radius 1 is 1.00 bits per heavy atom. The molecular formula is C15H12F3N3S. The second kappa shape index (κ2) is 7.04. The molecule has 2 rings (SSSR count). The highest BCUT2D eigenvalue weighted by Gasteiger charge is 2.33. The molecule has 0 heterocycles. The Labute approximate surface area is 130 Å². The minimum Gasteiger partial charge on any atom is -0.331 e. The Morgan fingerprint density at radius 2 is 1.64 bits per heavy atom. The highest BCUT2D eigenvalue weighted by atomic mass is 32.1. The minimum atomic E-state index is -4.45. The summed E-state index contributed by atoms with van der Waals surface area (Å²) in [6.07, 6.45) is -2.93. The van der Waals surface area contributed by atoms with Gasteiger partial charge in [0, 0.05) is 0 Å². The van der Waals surface area contributed by atoms with Gasteiger partial charge in [-0.05, 0) is 29.9 Å². The average molecular weight is 323 g/mol. The van der Waals surface area contributed by atoms with Crippen molar-refractivity contribution in [1.82, 2.24) is 5.43 Å². The summed E-state index contributed by atoms with van der Waals surface area (Å²) in [5, 5.41) is 6.34. The quantitative estimate of drug-likeness (QED) is 0.509. The molecule has 0 saturated carbocycles. The van der Waals surface area contributed by atoms with Crippen LogP contribution in [0.15, 0.2) is 59.7 Å². The monoisotopic (exact) mass is 323 g/mol. The predicted molar refractivity (Wildman–Crippen MR) is 84.8 cm³/mol. The number of thiocarbonyl (C=S) groups is 1. The van der Waals surface area contributed by atoms with Crippen molar-refractivity contribution in [2.45, 2.75) is 6.18 Å². The molecule has 0 amide bonds. The van der Waals surface area contributed by atoms with Gasteiger partial charge in [-0.2, -0.15) is 18.3 Å². The van der Waals surface area contributed by atoms with Gasteiger partial charge in [-0.15, -0.1) is 0 Å². The van der Waals surface area contributed by atoms with Gasteiger partial charge < -0.3 is 5.32 Å². The van der Waals surface area contributed by atoms with Crippen molar-refractivity contribution >= 4 is 29.2 Å². The standard InChI is InChI=1S/C15H12F3N3S/c16-15(17,18)12-8-4-5-9-13(12)20-14(22)21-19-10-11-6-2-1-3-7-11/h1-10H,(H2,20,21,22)/b19-10+. The van der Waals surface area contributed by atoms with E-state index in [2.05, 4.69) is 15.8 Å². The van der Waals surface area contributed by atoms with E-state index >= 15 is 0 Å². The van der Waals surface area contributed by atoms with Crippen molar-refractivity contribution in [1.29, 1.82) is 0 Å². The van der Waals surface area contributed by atoms with E-state index in [1.54, 1.807) is 0 Å². The fourth-order valence-corrected chi connectivity index (χ4v) is 1.86. The molecule has 7 heteroatoms. The number of nitrogens with one attached hydrogen (secondary N) is 2. The van der Waals surface area contributed by atoms with Gasteiger partial charge in [-0.25, -0.2) is 0 Å². The van der Waals surface area contributed by atoms with Gasteiger partial charge in [0.1, 0.15) is 0 Å². The molecule has 2 aromatic carbocycles. The van der Waals surface area contributed by atoms with Crippen LogP contribution >= 0.6 is 12.2 Å². The van der Waals surface area contributed by atoms with Crippen molar-refractivity contribution in [3.8, 4) is 0 Å². The van der Waals surface area contributed by atoms with Gasteiger partial charge in [0.25, 0.3) is 0 Å². The lowest BCUT2D eigenvalue weighted by atomic mass is 10.2. The van der Waals surface area contributed by atoms with Crippen molar-refractivity contribution in [2.75, 3.05) is 5.32 Å². The summed E-state index contributed by atoms with van der Waals surface area (Å²) in [6.45, 7) is 0. The average Bonchev–Trinajstić information content (AvgIpc) is 2.48. The number of hydrazone groups is 1. The summed E-state index contributed by atoms with van der Waals surface area (Å²) in [5.74, 6) is 0. The van der Waals surface area contributed by atoms with Crippen molar-refractivity contribution in [2.24, 2.45) is 5.10 Å². The minimum absolute atomic E-state index is 0.0242. The number of hydrogen-bond acceptors (Lipinski definition) is 2. The zero-order valence-corrected chi connectivity index (χ0v) is 12.1. The zero-order valence-electron chi connectivity index (χ0n) is 11.3. The largest absolute Gasteiger partial charge is 0.418 e. The molecule has 0 atom stereocenters. The first-order valence-corrected chi connectivity index (χ1v) is 6.69. The molecular weight excluding hydrogens is 311 g/mol. The van der Waals surface area contributed by atoms with Gasteiger partial charge in [-0.1, -0.05) is 42.5 Å². The van der Waals surface area contributed by atoms with E-state index in [0.29, 0.717) is 0 Å². The van der Waals surface area contributed by atoms with E-state index in [1.165, 1.54) is 24.4 Å². The van der Waals surface area contributed by atoms with Crippen LogP contribution in [0.3, 0.4) is 0 Å². The molecule has 0 saturated heterocycles. The number of benzene rings is 2. The van der Waals surface area contributed by atoms with Crippen LogP contribution in [-0.4, -0.2) is 11.3 Å². The van der Waals surface area contributed by atoms with Crippen LogP contribution in [0.2, 0.25) is 0 Å². The van der Waals surface area contributed by atoms with Gasteiger partial charge in [-0.3, -0.25) is 5.43 Å². The first kappa shape index (κ1) is 16.0. The van der Waals surface area contributed by atoms with Crippen LogP contribution in [0.25, 0.3) is 0 Å². The predicted octanol–water partition coefficient (Wildman–Crippen LogP) is 4.03. The Morgan fingerprint density at radius 3 is 2.32 bits per heavy atom. The fraction of sp³-hybridized carbons (Fsp3) is 0.0667. The topological polar surface area (TPSA) is 36.4 Å². The molecule has 0 aliphatic carbocycles. The van der Waals surface area contributed by atoms with E-state index in [0.717, 1.165) is 11.6 Å². The highest BCUT2D eigenvalue weighted by Crippen LogP contribution is 2.34. The Balaban J connectivity index is 2.00. The summed E-state index contributed by atoms with van der Waals surface area (Å²) in [4.78, 5) is 0. The summed E-state index contributed by atoms with van der Waals surface area (Å²) in [6, 6.07) is 14.3. The highest BCUT2D eigenvalue weighted by molar-refractivity contribution is 7.80. The number of rotatable bonds is 3. The van der Waals surface area contributed by atoms with Crippen LogP contribution in [-0.2, 0) is 6.18 Å². The van der Waals surface area contributed by atoms with E-state index < -0.39 is 11.7 Å². The van der Waals surface area contributed by atoms with Crippen LogP contribution in [0.4, 0.5) is 18.9 Å². The third-order valence-electron chi connectivity index (χ3n) is 2.66. The number of halogens is 3. The lowest BCUT2D eigenvalue weighted by molar-refractivity contribution is -0.136. The van der Waals surface area contributed by atoms with Crippen LogP contribution in [0.5, 0.6) is 0 Å². The number of para-hydroxylation sites is 1. The van der Waals surface area contributed by atoms with Crippen molar-refractivity contribution < 1.29 is 13.2 Å². The van der Waals surface area contributed by atoms with Crippen LogP contribution in [0, 0.1) is 0 Å². The summed E-state index contributed by atoms with van der Waals surface area (Å²) in [5.41, 5.74) is 2.41. The maximum Gasteiger partial charge on any atom is 0.418 e. The third-order valence-corrected chi connectivity index (χ3v) is 2.85. The Hall–Kier alpha value is -2.41. The van der Waals surface area contributed by atoms with E-state index in [1.807, 2.05) is 30.3 Å². The number of nitrogens with zero attached hydrogens (tertiary/aromatic N) is 1. The van der Waals surface area contributed by atoms with Gasteiger partial charge in [0.15, 0.2) is 5.11 Å². The van der Waals surface area contributed by atoms with E-state index in [9.17, 15) is 13.2 Å². The summed E-state index contributed by atoms with van der Waals surface area (Å²) < 4.78 is 38.5. The Kier molecular flexibility index (Phi) is 5.11. The van der Waals surface area contributed by atoms with Gasteiger partial charge >= 0.3 is 6.18 Å². The number of alkyl halides is 3. The molecule has 22 heavy (non-hydrogen) atoms. The molecule has 2 N–H and O–H groups in total. The normalized spacial score (nSPS) is 11.4. The van der Waals surface area contributed by atoms with Crippen molar-refractivity contribution in [3.05, 3.63) is 65.7 Å². The third kappa shape index (κ3) is 4.56. The lowest BCUT2D eigenvalue weighted by Crippen LogP contribution is -2.25. The molecule has 2 aromatic rings. The van der Waals surface area contributed by atoms with Crippen LogP contribution < -0.4 is 10.7 Å². The van der Waals surface area contributed by atoms with Gasteiger partial charge in [0.2, 0.25) is 0 Å². The number of hydrogen-bond donors (Lipinski definition) is 2.